The zero-order chi connectivity index (χ0) is 14.5. The minimum Gasteiger partial charge on any atom is -0.321 e. The van der Waals surface area contributed by atoms with Gasteiger partial charge in [0.25, 0.3) is 5.91 Å². The molecule has 7 heteroatoms. The molecule has 0 saturated heterocycles. The molecular weight excluding hydrogens is 344 g/mol. The molecule has 0 unspecified atom stereocenters. The Kier molecular flexibility index (Phi) is 4.86. The van der Waals surface area contributed by atoms with Gasteiger partial charge in [0.15, 0.2) is 0 Å². The van der Waals surface area contributed by atoms with E-state index in [1.807, 2.05) is 24.3 Å². The number of hydrogen-bond acceptors (Lipinski definition) is 4. The highest BCUT2D eigenvalue weighted by atomic mass is 79.9. The van der Waals surface area contributed by atoms with E-state index >= 15 is 0 Å². The van der Waals surface area contributed by atoms with Gasteiger partial charge in [0.1, 0.15) is 0 Å². The molecule has 1 aromatic heterocycles. The van der Waals surface area contributed by atoms with E-state index in [9.17, 15) is 14.9 Å². The molecule has 0 aliphatic heterocycles. The first-order chi connectivity index (χ1) is 9.60. The topological polar surface area (TPSA) is 72.2 Å². The molecule has 1 amide bonds. The van der Waals surface area contributed by atoms with Gasteiger partial charge in [0.05, 0.1) is 9.80 Å². The third-order valence-corrected chi connectivity index (χ3v) is 4.02. The van der Waals surface area contributed by atoms with Crippen LogP contribution in [-0.2, 0) is 6.42 Å². The molecule has 104 valence electrons. The Hall–Kier alpha value is -1.73. The monoisotopic (exact) mass is 354 g/mol. The van der Waals surface area contributed by atoms with Crippen molar-refractivity contribution in [1.82, 2.24) is 0 Å². The minimum absolute atomic E-state index is 0.0391. The van der Waals surface area contributed by atoms with Crippen molar-refractivity contribution in [3.05, 3.63) is 57.0 Å². The number of alkyl halides is 1. The van der Waals surface area contributed by atoms with E-state index in [0.717, 1.165) is 23.1 Å². The second-order valence-electron chi connectivity index (χ2n) is 3.99. The number of nitro groups is 1. The number of benzene rings is 1. The van der Waals surface area contributed by atoms with Crippen LogP contribution in [-0.4, -0.2) is 16.2 Å². The van der Waals surface area contributed by atoms with Gasteiger partial charge in [0.2, 0.25) is 0 Å². The van der Waals surface area contributed by atoms with Gasteiger partial charge in [-0.05, 0) is 30.2 Å². The van der Waals surface area contributed by atoms with Crippen molar-refractivity contribution in [3.63, 3.8) is 0 Å². The summed E-state index contributed by atoms with van der Waals surface area (Å²) in [4.78, 5) is 22.3. The fraction of sp³-hybridized carbons (Fsp3) is 0.154. The molecular formula is C13H11BrN2O3S. The van der Waals surface area contributed by atoms with E-state index in [-0.39, 0.29) is 10.9 Å². The van der Waals surface area contributed by atoms with Gasteiger partial charge in [-0.1, -0.05) is 39.4 Å². The lowest BCUT2D eigenvalue weighted by atomic mass is 10.1. The number of amides is 1. The fourth-order valence-corrected chi connectivity index (χ4v) is 2.78. The van der Waals surface area contributed by atoms with Crippen LogP contribution in [0.1, 0.15) is 15.2 Å². The van der Waals surface area contributed by atoms with Crippen LogP contribution in [0.2, 0.25) is 0 Å². The third kappa shape index (κ3) is 3.64. The number of anilines is 1. The average molecular weight is 355 g/mol. The van der Waals surface area contributed by atoms with Gasteiger partial charge in [-0.3, -0.25) is 14.9 Å². The van der Waals surface area contributed by atoms with E-state index in [4.69, 9.17) is 0 Å². The van der Waals surface area contributed by atoms with Gasteiger partial charge in [0, 0.05) is 17.1 Å². The van der Waals surface area contributed by atoms with Crippen molar-refractivity contribution < 1.29 is 9.72 Å². The van der Waals surface area contributed by atoms with E-state index in [0.29, 0.717) is 10.6 Å². The second kappa shape index (κ2) is 6.62. The zero-order valence-electron chi connectivity index (χ0n) is 10.3. The minimum atomic E-state index is -0.503. The molecule has 2 rings (SSSR count). The van der Waals surface area contributed by atoms with Crippen molar-refractivity contribution in [2.45, 2.75) is 6.42 Å². The Morgan fingerprint density at radius 1 is 1.25 bits per heavy atom. The quantitative estimate of drug-likeness (QED) is 0.503. The van der Waals surface area contributed by atoms with Gasteiger partial charge >= 0.3 is 5.00 Å². The Bertz CT molecular complexity index is 625. The molecule has 0 radical (unpaired) electrons. The smallest absolute Gasteiger partial charge is 0.321 e. The number of thiophene rings is 1. The van der Waals surface area contributed by atoms with Crippen LogP contribution in [0, 0.1) is 10.1 Å². The Balaban J connectivity index is 2.04. The van der Waals surface area contributed by atoms with Crippen LogP contribution in [0.3, 0.4) is 0 Å². The molecule has 1 heterocycles. The number of nitrogens with one attached hydrogen (secondary N) is 1. The van der Waals surface area contributed by atoms with Crippen molar-refractivity contribution in [2.75, 3.05) is 10.6 Å². The maximum absolute atomic E-state index is 11.9. The van der Waals surface area contributed by atoms with E-state index < -0.39 is 4.92 Å². The van der Waals surface area contributed by atoms with E-state index in [1.165, 1.54) is 17.7 Å². The average Bonchev–Trinajstić information content (AvgIpc) is 2.91. The first-order valence-corrected chi connectivity index (χ1v) is 7.74. The summed E-state index contributed by atoms with van der Waals surface area (Å²) in [5.41, 5.74) is 1.84. The largest absolute Gasteiger partial charge is 0.324 e. The normalized spacial score (nSPS) is 10.2. The molecule has 1 aromatic carbocycles. The number of carbonyl (C=O) groups is 1. The first-order valence-electron chi connectivity index (χ1n) is 5.80. The molecule has 0 aliphatic carbocycles. The lowest BCUT2D eigenvalue weighted by molar-refractivity contribution is -0.380. The number of nitrogens with zero attached hydrogens (tertiary/aromatic N) is 1. The predicted octanol–water partition coefficient (Wildman–Crippen LogP) is 3.85. The SMILES string of the molecule is O=C(Nc1ccc(CCBr)cc1)c1ccc([N+](=O)[O-])s1. The summed E-state index contributed by atoms with van der Waals surface area (Å²) in [6.07, 6.45) is 0.922. The van der Waals surface area contributed by atoms with E-state index in [1.54, 1.807) is 0 Å². The molecule has 2 aromatic rings. The van der Waals surface area contributed by atoms with Crippen LogP contribution in [0.4, 0.5) is 10.7 Å². The van der Waals surface area contributed by atoms with Gasteiger partial charge in [-0.15, -0.1) is 0 Å². The molecule has 20 heavy (non-hydrogen) atoms. The highest BCUT2D eigenvalue weighted by Gasteiger charge is 2.15. The van der Waals surface area contributed by atoms with Crippen LogP contribution >= 0.6 is 27.3 Å². The summed E-state index contributed by atoms with van der Waals surface area (Å²) in [6, 6.07) is 10.3. The van der Waals surface area contributed by atoms with Gasteiger partial charge < -0.3 is 5.32 Å². The van der Waals surface area contributed by atoms with Crippen molar-refractivity contribution in [3.8, 4) is 0 Å². The number of aryl methyl sites for hydroxylation is 1. The number of carbonyl (C=O) groups excluding carboxylic acids is 1. The first kappa shape index (κ1) is 14.7. The van der Waals surface area contributed by atoms with Crippen LogP contribution < -0.4 is 5.32 Å². The molecule has 0 spiro atoms. The molecule has 5 nitrogen and oxygen atoms in total. The van der Waals surface area contributed by atoms with Crippen molar-refractivity contribution in [1.29, 1.82) is 0 Å². The summed E-state index contributed by atoms with van der Waals surface area (Å²) in [7, 11) is 0. The molecule has 1 N–H and O–H groups in total. The maximum atomic E-state index is 11.9. The number of hydrogen-bond donors (Lipinski definition) is 1. The lowest BCUT2D eigenvalue weighted by Gasteiger charge is -2.04. The summed E-state index contributed by atoms with van der Waals surface area (Å²) >= 11 is 4.23. The Morgan fingerprint density at radius 2 is 1.95 bits per heavy atom. The van der Waals surface area contributed by atoms with Crippen molar-refractivity contribution >= 4 is 43.9 Å². The second-order valence-corrected chi connectivity index (χ2v) is 5.84. The predicted molar refractivity (Wildman–Crippen MR) is 82.9 cm³/mol. The maximum Gasteiger partial charge on any atom is 0.324 e. The molecule has 0 aliphatic rings. The number of rotatable bonds is 5. The Morgan fingerprint density at radius 3 is 2.50 bits per heavy atom. The summed E-state index contributed by atoms with van der Waals surface area (Å²) < 4.78 is 0. The molecule has 0 fully saturated rings. The van der Waals surface area contributed by atoms with Gasteiger partial charge in [-0.2, -0.15) is 0 Å². The highest BCUT2D eigenvalue weighted by molar-refractivity contribution is 9.09. The van der Waals surface area contributed by atoms with Gasteiger partial charge in [-0.25, -0.2) is 0 Å². The third-order valence-electron chi connectivity index (χ3n) is 2.59. The highest BCUT2D eigenvalue weighted by Crippen LogP contribution is 2.24. The molecule has 0 saturated carbocycles. The summed E-state index contributed by atoms with van der Waals surface area (Å²) in [5, 5.41) is 14.1. The zero-order valence-corrected chi connectivity index (χ0v) is 12.7. The van der Waals surface area contributed by atoms with Crippen molar-refractivity contribution in [2.24, 2.45) is 0 Å². The lowest BCUT2D eigenvalue weighted by Crippen LogP contribution is -2.09. The number of halogens is 1. The van der Waals surface area contributed by atoms with Crippen LogP contribution in [0.5, 0.6) is 0 Å². The Labute approximate surface area is 127 Å². The summed E-state index contributed by atoms with van der Waals surface area (Å²) in [5.74, 6) is -0.337. The van der Waals surface area contributed by atoms with E-state index in [2.05, 4.69) is 21.2 Å². The molecule has 0 bridgehead atoms. The fourth-order valence-electron chi connectivity index (χ4n) is 1.60. The standard InChI is InChI=1S/C13H11BrN2O3S/c14-8-7-9-1-3-10(4-2-9)15-13(17)11-5-6-12(20-11)16(18)19/h1-6H,7-8H2,(H,15,17). The molecule has 0 atom stereocenters. The van der Waals surface area contributed by atoms with Crippen LogP contribution in [0.25, 0.3) is 0 Å². The summed E-state index contributed by atoms with van der Waals surface area (Å²) in [6.45, 7) is 0. The van der Waals surface area contributed by atoms with Crippen LogP contribution in [0.15, 0.2) is 36.4 Å².